The molecule has 4 aromatic carbocycles. The van der Waals surface area contributed by atoms with Crippen LogP contribution >= 0.6 is 0 Å². The molecule has 0 aliphatic rings. The minimum absolute atomic E-state index is 0.0133. The van der Waals surface area contributed by atoms with E-state index in [2.05, 4.69) is 74.2 Å². The average Bonchev–Trinajstić information content (AvgIpc) is 2.91. The molecule has 0 aliphatic carbocycles. The molecule has 4 nitrogen and oxygen atoms in total. The lowest BCUT2D eigenvalue weighted by Crippen LogP contribution is -2.32. The van der Waals surface area contributed by atoms with Gasteiger partial charge in [0.05, 0.1) is 13.5 Å². The lowest BCUT2D eigenvalue weighted by Gasteiger charge is -2.37. The van der Waals surface area contributed by atoms with Gasteiger partial charge in [-0.25, -0.2) is 0 Å². The summed E-state index contributed by atoms with van der Waals surface area (Å²) in [5, 5.41) is 10.1. The lowest BCUT2D eigenvalue weighted by molar-refractivity contribution is -0.138. The molecule has 0 saturated carbocycles. The van der Waals surface area contributed by atoms with E-state index in [1.54, 1.807) is 7.11 Å². The number of carboxylic acids is 1. The van der Waals surface area contributed by atoms with Crippen molar-refractivity contribution in [1.29, 1.82) is 0 Å². The molecular formula is C33H35NO3. The van der Waals surface area contributed by atoms with Crippen molar-refractivity contribution in [3.05, 3.63) is 125 Å². The highest BCUT2D eigenvalue weighted by atomic mass is 16.5. The molecule has 0 radical (unpaired) electrons. The number of aryl methyl sites for hydroxylation is 2. The van der Waals surface area contributed by atoms with Gasteiger partial charge in [0.1, 0.15) is 5.75 Å². The second-order valence-corrected chi connectivity index (χ2v) is 9.62. The fourth-order valence-electron chi connectivity index (χ4n) is 5.17. The Balaban J connectivity index is 1.88. The molecule has 2 atom stereocenters. The van der Waals surface area contributed by atoms with Crippen LogP contribution in [0.25, 0.3) is 11.1 Å². The first-order valence-corrected chi connectivity index (χ1v) is 12.7. The van der Waals surface area contributed by atoms with Crippen LogP contribution in [0.1, 0.15) is 53.2 Å². The first kappa shape index (κ1) is 26.2. The number of ether oxygens (including phenoxy) is 1. The minimum Gasteiger partial charge on any atom is -0.497 e. The maximum absolute atomic E-state index is 12.3. The summed E-state index contributed by atoms with van der Waals surface area (Å²) in [6, 6.07) is 32.6. The summed E-state index contributed by atoms with van der Waals surface area (Å²) in [5.41, 5.74) is 7.75. The Labute approximate surface area is 220 Å². The van der Waals surface area contributed by atoms with Crippen LogP contribution in [0.2, 0.25) is 0 Å². The number of methoxy groups -OCH3 is 1. The smallest absolute Gasteiger partial charge is 0.305 e. The van der Waals surface area contributed by atoms with Crippen molar-refractivity contribution in [2.45, 2.75) is 45.8 Å². The first-order chi connectivity index (χ1) is 17.9. The van der Waals surface area contributed by atoms with E-state index in [0.717, 1.165) is 33.6 Å². The lowest BCUT2D eigenvalue weighted by atomic mass is 9.91. The third kappa shape index (κ3) is 6.28. The largest absolute Gasteiger partial charge is 0.497 e. The zero-order valence-electron chi connectivity index (χ0n) is 22.0. The molecule has 0 heterocycles. The molecule has 0 amide bonds. The Morgan fingerprint density at radius 2 is 1.46 bits per heavy atom. The third-order valence-electron chi connectivity index (χ3n) is 7.07. The Bertz CT molecular complexity index is 1310. The molecule has 0 saturated heterocycles. The average molecular weight is 494 g/mol. The van der Waals surface area contributed by atoms with Gasteiger partial charge in [-0.1, -0.05) is 78.9 Å². The van der Waals surface area contributed by atoms with E-state index in [1.807, 2.05) is 48.5 Å². The van der Waals surface area contributed by atoms with Crippen LogP contribution in [0.5, 0.6) is 5.75 Å². The van der Waals surface area contributed by atoms with Crippen LogP contribution < -0.4 is 4.74 Å². The summed E-state index contributed by atoms with van der Waals surface area (Å²) in [5.74, 6) is -0.114. The Kier molecular flexibility index (Phi) is 8.42. The molecule has 4 rings (SSSR count). The van der Waals surface area contributed by atoms with Crippen molar-refractivity contribution in [3.8, 4) is 16.9 Å². The summed E-state index contributed by atoms with van der Waals surface area (Å²) >= 11 is 0. The predicted octanol–water partition coefficient (Wildman–Crippen LogP) is 7.76. The fourth-order valence-corrected chi connectivity index (χ4v) is 5.17. The number of benzene rings is 4. The van der Waals surface area contributed by atoms with Gasteiger partial charge in [0.25, 0.3) is 0 Å². The van der Waals surface area contributed by atoms with Gasteiger partial charge >= 0.3 is 5.97 Å². The van der Waals surface area contributed by atoms with E-state index >= 15 is 0 Å². The normalized spacial score (nSPS) is 12.8. The highest BCUT2D eigenvalue weighted by Crippen LogP contribution is 2.39. The van der Waals surface area contributed by atoms with Crippen LogP contribution in [-0.4, -0.2) is 23.1 Å². The maximum atomic E-state index is 12.3. The van der Waals surface area contributed by atoms with Crippen molar-refractivity contribution >= 4 is 5.97 Å². The number of nitrogens with zero attached hydrogens (tertiary/aromatic N) is 1. The topological polar surface area (TPSA) is 49.8 Å². The molecule has 0 bridgehead atoms. The van der Waals surface area contributed by atoms with Gasteiger partial charge in [0, 0.05) is 18.6 Å². The minimum atomic E-state index is -0.834. The molecule has 4 aromatic rings. The zero-order valence-corrected chi connectivity index (χ0v) is 22.0. The molecule has 4 heteroatoms. The number of rotatable bonds is 10. The number of carbonyl (C=O) groups is 1. The van der Waals surface area contributed by atoms with Crippen LogP contribution in [0, 0.1) is 13.8 Å². The number of hydrogen-bond acceptors (Lipinski definition) is 3. The summed E-state index contributed by atoms with van der Waals surface area (Å²) in [7, 11) is 1.66. The summed E-state index contributed by atoms with van der Waals surface area (Å²) in [6.07, 6.45) is -0.0244. The van der Waals surface area contributed by atoms with Crippen molar-refractivity contribution in [1.82, 2.24) is 4.90 Å². The Morgan fingerprint density at radius 1 is 0.838 bits per heavy atom. The molecule has 37 heavy (non-hydrogen) atoms. The van der Waals surface area contributed by atoms with Crippen LogP contribution in [0.4, 0.5) is 0 Å². The molecule has 0 spiro atoms. The Hall–Kier alpha value is -3.89. The number of aliphatic carboxylic acids is 1. The van der Waals surface area contributed by atoms with Crippen LogP contribution in [-0.2, 0) is 11.3 Å². The van der Waals surface area contributed by atoms with Crippen molar-refractivity contribution in [3.63, 3.8) is 0 Å². The van der Waals surface area contributed by atoms with Gasteiger partial charge in [-0.3, -0.25) is 9.69 Å². The van der Waals surface area contributed by atoms with E-state index in [-0.39, 0.29) is 18.5 Å². The standard InChI is InChI=1S/C33H35NO3/c1-23-12-11-13-24(2)33(23)29-18-28(19-30(20-29)37-4)31(21-32(35)36)34(22-26-14-7-5-8-15-26)25(3)27-16-9-6-10-17-27/h5-20,25,31H,21-22H2,1-4H3,(H,35,36). The van der Waals surface area contributed by atoms with Gasteiger partial charge in [-0.2, -0.15) is 0 Å². The van der Waals surface area contributed by atoms with Gasteiger partial charge in [0.2, 0.25) is 0 Å². The zero-order chi connectivity index (χ0) is 26.4. The monoisotopic (exact) mass is 493 g/mol. The summed E-state index contributed by atoms with van der Waals surface area (Å²) < 4.78 is 5.73. The summed E-state index contributed by atoms with van der Waals surface area (Å²) in [4.78, 5) is 14.6. The van der Waals surface area contributed by atoms with Gasteiger partial charge in [0.15, 0.2) is 0 Å². The maximum Gasteiger partial charge on any atom is 0.305 e. The van der Waals surface area contributed by atoms with Crippen molar-refractivity contribution < 1.29 is 14.6 Å². The van der Waals surface area contributed by atoms with Crippen molar-refractivity contribution in [2.24, 2.45) is 0 Å². The first-order valence-electron chi connectivity index (χ1n) is 12.7. The van der Waals surface area contributed by atoms with E-state index in [4.69, 9.17) is 4.74 Å². The molecule has 0 aliphatic heterocycles. The van der Waals surface area contributed by atoms with E-state index in [1.165, 1.54) is 11.1 Å². The highest BCUT2D eigenvalue weighted by molar-refractivity contribution is 5.73. The molecule has 2 unspecified atom stereocenters. The van der Waals surface area contributed by atoms with Gasteiger partial charge in [-0.15, -0.1) is 0 Å². The molecule has 0 aromatic heterocycles. The predicted molar refractivity (Wildman–Crippen MR) is 150 cm³/mol. The van der Waals surface area contributed by atoms with E-state index in [9.17, 15) is 9.90 Å². The molecule has 0 fully saturated rings. The van der Waals surface area contributed by atoms with Crippen LogP contribution in [0.3, 0.4) is 0 Å². The van der Waals surface area contributed by atoms with E-state index in [0.29, 0.717) is 6.54 Å². The SMILES string of the molecule is COc1cc(-c2c(C)cccc2C)cc(C(CC(=O)O)N(Cc2ccccc2)C(C)c2ccccc2)c1. The summed E-state index contributed by atoms with van der Waals surface area (Å²) in [6.45, 7) is 6.98. The third-order valence-corrected chi connectivity index (χ3v) is 7.07. The number of hydrogen-bond donors (Lipinski definition) is 1. The molecular weight excluding hydrogens is 458 g/mol. The van der Waals surface area contributed by atoms with Gasteiger partial charge in [-0.05, 0) is 77.9 Å². The number of carboxylic acid groups (broad SMARTS) is 1. The molecule has 190 valence electrons. The quantitative estimate of drug-likeness (QED) is 0.245. The highest BCUT2D eigenvalue weighted by Gasteiger charge is 2.29. The van der Waals surface area contributed by atoms with Crippen LogP contribution in [0.15, 0.2) is 97.1 Å². The van der Waals surface area contributed by atoms with E-state index < -0.39 is 5.97 Å². The van der Waals surface area contributed by atoms with Crippen molar-refractivity contribution in [2.75, 3.05) is 7.11 Å². The second kappa shape index (κ2) is 11.9. The van der Waals surface area contributed by atoms with Gasteiger partial charge < -0.3 is 9.84 Å². The molecule has 1 N–H and O–H groups in total. The Morgan fingerprint density at radius 3 is 2.05 bits per heavy atom. The fraction of sp³-hybridized carbons (Fsp3) is 0.242. The second-order valence-electron chi connectivity index (χ2n) is 9.62.